The van der Waals surface area contributed by atoms with Gasteiger partial charge in [0, 0.05) is 15.2 Å². The average molecular weight is 400 g/mol. The summed E-state index contributed by atoms with van der Waals surface area (Å²) in [5.74, 6) is -0.861. The highest BCUT2D eigenvalue weighted by atomic mass is 127. The van der Waals surface area contributed by atoms with E-state index < -0.39 is 10.9 Å². The zero-order chi connectivity index (χ0) is 15.6. The van der Waals surface area contributed by atoms with Gasteiger partial charge in [0.2, 0.25) is 5.88 Å². The third-order valence-corrected chi connectivity index (χ3v) is 3.28. The van der Waals surface area contributed by atoms with Gasteiger partial charge in [0.05, 0.1) is 4.92 Å². The van der Waals surface area contributed by atoms with E-state index in [1.165, 1.54) is 18.2 Å². The van der Waals surface area contributed by atoms with Gasteiger partial charge in [-0.2, -0.15) is 0 Å². The Kier molecular flexibility index (Phi) is 4.36. The van der Waals surface area contributed by atoms with Gasteiger partial charge in [0.15, 0.2) is 0 Å². The molecule has 0 saturated heterocycles. The second kappa shape index (κ2) is 6.04. The van der Waals surface area contributed by atoms with Crippen molar-refractivity contribution in [1.82, 2.24) is 4.98 Å². The molecule has 0 fully saturated rings. The smallest absolute Gasteiger partial charge is 0.339 e. The number of nitrogens with zero attached hydrogens (tertiary/aromatic N) is 2. The number of rotatable bonds is 4. The van der Waals surface area contributed by atoms with Gasteiger partial charge in [-0.3, -0.25) is 10.1 Å². The molecule has 8 heteroatoms. The Morgan fingerprint density at radius 3 is 2.71 bits per heavy atom. The predicted molar refractivity (Wildman–Crippen MR) is 81.8 cm³/mol. The molecule has 2 aromatic rings. The van der Waals surface area contributed by atoms with Crippen molar-refractivity contribution in [3.63, 3.8) is 0 Å². The molecular formula is C13H9IN2O5. The monoisotopic (exact) mass is 400 g/mol. The lowest BCUT2D eigenvalue weighted by molar-refractivity contribution is -0.385. The van der Waals surface area contributed by atoms with Crippen LogP contribution in [0.5, 0.6) is 11.6 Å². The molecule has 0 atom stereocenters. The second-order valence-electron chi connectivity index (χ2n) is 4.12. The number of hydrogen-bond acceptors (Lipinski definition) is 5. The minimum absolute atomic E-state index is 0.00135. The minimum Gasteiger partial charge on any atom is -0.478 e. The number of pyridine rings is 1. The van der Waals surface area contributed by atoms with Gasteiger partial charge in [-0.25, -0.2) is 9.78 Å². The van der Waals surface area contributed by atoms with E-state index in [1.807, 2.05) is 22.6 Å². The van der Waals surface area contributed by atoms with Crippen molar-refractivity contribution in [2.24, 2.45) is 0 Å². The van der Waals surface area contributed by atoms with Crippen LogP contribution in [0.1, 0.15) is 15.9 Å². The lowest BCUT2D eigenvalue weighted by atomic mass is 10.2. The Labute approximate surface area is 132 Å². The van der Waals surface area contributed by atoms with Gasteiger partial charge >= 0.3 is 5.97 Å². The molecule has 1 N–H and O–H groups in total. The maximum absolute atomic E-state index is 11.2. The molecule has 0 radical (unpaired) electrons. The first kappa shape index (κ1) is 15.2. The maximum atomic E-state index is 11.2. The van der Waals surface area contributed by atoms with Crippen molar-refractivity contribution in [2.75, 3.05) is 0 Å². The van der Waals surface area contributed by atoms with E-state index in [0.29, 0.717) is 5.56 Å². The topological polar surface area (TPSA) is 103 Å². The molecule has 21 heavy (non-hydrogen) atoms. The molecule has 0 bridgehead atoms. The van der Waals surface area contributed by atoms with Gasteiger partial charge in [0.1, 0.15) is 17.5 Å². The molecular weight excluding hydrogens is 391 g/mol. The quantitative estimate of drug-likeness (QED) is 0.480. The van der Waals surface area contributed by atoms with Crippen LogP contribution in [0.3, 0.4) is 0 Å². The number of aromatic carboxylic acids is 1. The summed E-state index contributed by atoms with van der Waals surface area (Å²) >= 11 is 2.00. The van der Waals surface area contributed by atoms with Gasteiger partial charge in [-0.15, -0.1) is 0 Å². The summed E-state index contributed by atoms with van der Waals surface area (Å²) in [7, 11) is 0. The van der Waals surface area contributed by atoms with Crippen LogP contribution in [-0.4, -0.2) is 21.0 Å². The van der Waals surface area contributed by atoms with Crippen LogP contribution in [0.25, 0.3) is 0 Å². The predicted octanol–water partition coefficient (Wildman–Crippen LogP) is 3.39. The Morgan fingerprint density at radius 2 is 2.14 bits per heavy atom. The largest absolute Gasteiger partial charge is 0.478 e. The fourth-order valence-electron chi connectivity index (χ4n) is 1.62. The van der Waals surface area contributed by atoms with Crippen LogP contribution in [0.4, 0.5) is 5.69 Å². The summed E-state index contributed by atoms with van der Waals surface area (Å²) in [4.78, 5) is 25.2. The summed E-state index contributed by atoms with van der Waals surface area (Å²) in [6, 6.07) is 6.01. The normalized spacial score (nSPS) is 10.2. The van der Waals surface area contributed by atoms with Crippen LogP contribution in [-0.2, 0) is 0 Å². The van der Waals surface area contributed by atoms with Crippen molar-refractivity contribution in [2.45, 2.75) is 6.92 Å². The molecule has 2 rings (SSSR count). The lowest BCUT2D eigenvalue weighted by Crippen LogP contribution is -2.02. The molecule has 1 heterocycles. The number of aryl methyl sites for hydroxylation is 1. The first-order valence-electron chi connectivity index (χ1n) is 5.70. The minimum atomic E-state index is -1.12. The van der Waals surface area contributed by atoms with Crippen LogP contribution >= 0.6 is 22.6 Å². The molecule has 0 aliphatic heterocycles. The third-order valence-electron chi connectivity index (χ3n) is 2.61. The van der Waals surface area contributed by atoms with Crippen LogP contribution in [0.2, 0.25) is 0 Å². The Morgan fingerprint density at radius 1 is 1.43 bits per heavy atom. The standard InChI is InChI=1S/C13H9IN2O5/c1-7-4-9(16(19)20)6-15-12(7)21-11-3-2-8(14)5-10(11)13(17)18/h2-6H,1H3,(H,17,18). The summed E-state index contributed by atoms with van der Waals surface area (Å²) in [5, 5.41) is 19.8. The highest BCUT2D eigenvalue weighted by Gasteiger charge is 2.16. The zero-order valence-corrected chi connectivity index (χ0v) is 12.9. The van der Waals surface area contributed by atoms with Crippen LogP contribution in [0, 0.1) is 20.6 Å². The Balaban J connectivity index is 2.39. The van der Waals surface area contributed by atoms with E-state index in [2.05, 4.69) is 4.98 Å². The number of nitro groups is 1. The molecule has 0 unspecified atom stereocenters. The van der Waals surface area contributed by atoms with Gasteiger partial charge < -0.3 is 9.84 Å². The first-order valence-corrected chi connectivity index (χ1v) is 6.78. The fraction of sp³-hybridized carbons (Fsp3) is 0.0769. The summed E-state index contributed by atoms with van der Waals surface area (Å²) in [6.45, 7) is 1.60. The van der Waals surface area contributed by atoms with Crippen molar-refractivity contribution < 1.29 is 19.6 Å². The second-order valence-corrected chi connectivity index (χ2v) is 5.37. The fourth-order valence-corrected chi connectivity index (χ4v) is 2.11. The highest BCUT2D eigenvalue weighted by molar-refractivity contribution is 14.1. The van der Waals surface area contributed by atoms with E-state index in [-0.39, 0.29) is 22.9 Å². The molecule has 0 amide bonds. The third kappa shape index (κ3) is 3.45. The van der Waals surface area contributed by atoms with Crippen molar-refractivity contribution in [3.8, 4) is 11.6 Å². The van der Waals surface area contributed by atoms with E-state index in [1.54, 1.807) is 13.0 Å². The molecule has 0 spiro atoms. The van der Waals surface area contributed by atoms with E-state index in [9.17, 15) is 14.9 Å². The molecule has 7 nitrogen and oxygen atoms in total. The molecule has 0 saturated carbocycles. The van der Waals surface area contributed by atoms with Crippen molar-refractivity contribution in [1.29, 1.82) is 0 Å². The Hall–Kier alpha value is -2.23. The number of carboxylic acids is 1. The van der Waals surface area contributed by atoms with Gasteiger partial charge in [0.25, 0.3) is 5.69 Å². The maximum Gasteiger partial charge on any atom is 0.339 e. The number of hydrogen-bond donors (Lipinski definition) is 1. The number of carbonyl (C=O) groups is 1. The van der Waals surface area contributed by atoms with Gasteiger partial charge in [-0.1, -0.05) is 0 Å². The summed E-state index contributed by atoms with van der Waals surface area (Å²) in [6.07, 6.45) is 1.06. The van der Waals surface area contributed by atoms with Gasteiger partial charge in [-0.05, 0) is 47.7 Å². The van der Waals surface area contributed by atoms with Crippen LogP contribution < -0.4 is 4.74 Å². The number of carboxylic acid groups (broad SMARTS) is 1. The molecule has 1 aromatic carbocycles. The number of benzene rings is 1. The SMILES string of the molecule is Cc1cc([N+](=O)[O-])cnc1Oc1ccc(I)cc1C(=O)O. The lowest BCUT2D eigenvalue weighted by Gasteiger charge is -2.10. The summed E-state index contributed by atoms with van der Waals surface area (Å²) < 4.78 is 6.23. The molecule has 0 aliphatic rings. The number of aromatic nitrogens is 1. The van der Waals surface area contributed by atoms with E-state index in [0.717, 1.165) is 9.77 Å². The van der Waals surface area contributed by atoms with E-state index >= 15 is 0 Å². The molecule has 0 aliphatic carbocycles. The zero-order valence-electron chi connectivity index (χ0n) is 10.7. The Bertz CT molecular complexity index is 732. The van der Waals surface area contributed by atoms with Crippen molar-refractivity contribution >= 4 is 34.2 Å². The molecule has 1 aromatic heterocycles. The highest BCUT2D eigenvalue weighted by Crippen LogP contribution is 2.29. The summed E-state index contributed by atoms with van der Waals surface area (Å²) in [5.41, 5.74) is 0.293. The van der Waals surface area contributed by atoms with Crippen molar-refractivity contribution in [3.05, 3.63) is 55.3 Å². The van der Waals surface area contributed by atoms with Crippen LogP contribution in [0.15, 0.2) is 30.5 Å². The first-order chi connectivity index (χ1) is 9.88. The average Bonchev–Trinajstić information content (AvgIpc) is 2.42. The molecule has 108 valence electrons. The van der Waals surface area contributed by atoms with E-state index in [4.69, 9.17) is 9.84 Å². The number of halogens is 1. The number of ether oxygens (including phenoxy) is 1.